The summed E-state index contributed by atoms with van der Waals surface area (Å²) >= 11 is 0. The lowest BCUT2D eigenvalue weighted by Gasteiger charge is -2.21. The van der Waals surface area contributed by atoms with Gasteiger partial charge in [0.15, 0.2) is 0 Å². The fraction of sp³-hybridized carbons (Fsp3) is 0.357. The molecule has 4 nitrogen and oxygen atoms in total. The number of rotatable bonds is 6. The van der Waals surface area contributed by atoms with Crippen LogP contribution in [-0.4, -0.2) is 50.2 Å². The Labute approximate surface area is 108 Å². The highest BCUT2D eigenvalue weighted by Crippen LogP contribution is 2.14. The largest absolute Gasteiger partial charge is 0.478 e. The number of hydrogen-bond donors (Lipinski definition) is 1. The number of benzene rings is 1. The van der Waals surface area contributed by atoms with Gasteiger partial charge in [-0.3, -0.25) is 0 Å². The molecule has 0 atom stereocenters. The highest BCUT2D eigenvalue weighted by atomic mass is 16.4. The van der Waals surface area contributed by atoms with Gasteiger partial charge < -0.3 is 14.9 Å². The van der Waals surface area contributed by atoms with Gasteiger partial charge in [-0.15, -0.1) is 0 Å². The van der Waals surface area contributed by atoms with Crippen LogP contribution in [0.5, 0.6) is 0 Å². The van der Waals surface area contributed by atoms with Crippen molar-refractivity contribution >= 4 is 17.7 Å². The zero-order valence-corrected chi connectivity index (χ0v) is 11.1. The van der Waals surface area contributed by atoms with E-state index in [0.29, 0.717) is 0 Å². The second kappa shape index (κ2) is 6.81. The van der Waals surface area contributed by atoms with Crippen LogP contribution in [0.1, 0.15) is 5.56 Å². The molecule has 1 aromatic carbocycles. The summed E-state index contributed by atoms with van der Waals surface area (Å²) in [5.74, 6) is -0.929. The summed E-state index contributed by atoms with van der Waals surface area (Å²) in [6.07, 6.45) is 2.73. The Morgan fingerprint density at radius 1 is 1.17 bits per heavy atom. The highest BCUT2D eigenvalue weighted by molar-refractivity contribution is 5.85. The van der Waals surface area contributed by atoms with Gasteiger partial charge in [0.2, 0.25) is 0 Å². The van der Waals surface area contributed by atoms with Crippen molar-refractivity contribution in [1.82, 2.24) is 4.90 Å². The van der Waals surface area contributed by atoms with E-state index in [-0.39, 0.29) is 0 Å². The molecule has 1 aromatic rings. The molecule has 0 aromatic heterocycles. The smallest absolute Gasteiger partial charge is 0.328 e. The van der Waals surface area contributed by atoms with Gasteiger partial charge in [0.05, 0.1) is 0 Å². The Morgan fingerprint density at radius 2 is 1.78 bits per heavy atom. The molecule has 1 N–H and O–H groups in total. The van der Waals surface area contributed by atoms with Gasteiger partial charge in [-0.2, -0.15) is 0 Å². The number of aliphatic carboxylic acids is 1. The summed E-state index contributed by atoms with van der Waals surface area (Å²) in [5.41, 5.74) is 2.02. The summed E-state index contributed by atoms with van der Waals surface area (Å²) in [6.45, 7) is 1.95. The number of carbonyl (C=O) groups is 1. The summed E-state index contributed by atoms with van der Waals surface area (Å²) in [7, 11) is 6.15. The molecule has 0 fully saturated rings. The molecule has 4 heteroatoms. The van der Waals surface area contributed by atoms with Crippen molar-refractivity contribution in [2.24, 2.45) is 0 Å². The molecule has 0 amide bonds. The first-order valence-electron chi connectivity index (χ1n) is 5.86. The zero-order chi connectivity index (χ0) is 13.5. The van der Waals surface area contributed by atoms with Crippen molar-refractivity contribution in [2.75, 3.05) is 39.1 Å². The van der Waals surface area contributed by atoms with Gasteiger partial charge in [-0.25, -0.2) is 4.79 Å². The summed E-state index contributed by atoms with van der Waals surface area (Å²) in [6, 6.07) is 7.83. The third-order valence-corrected chi connectivity index (χ3v) is 2.63. The van der Waals surface area contributed by atoms with E-state index in [1.165, 1.54) is 0 Å². The van der Waals surface area contributed by atoms with Gasteiger partial charge in [0, 0.05) is 31.9 Å². The SMILES string of the molecule is CN(C)CCN(C)c1ccc(C=CC(=O)O)cc1. The highest BCUT2D eigenvalue weighted by Gasteiger charge is 2.00. The Morgan fingerprint density at radius 3 is 2.28 bits per heavy atom. The molecule has 0 aliphatic rings. The first-order chi connectivity index (χ1) is 8.49. The van der Waals surface area contributed by atoms with Crippen molar-refractivity contribution in [2.45, 2.75) is 0 Å². The number of likely N-dealkylation sites (N-methyl/N-ethyl adjacent to an activating group) is 2. The molecule has 18 heavy (non-hydrogen) atoms. The normalized spacial score (nSPS) is 11.1. The van der Waals surface area contributed by atoms with E-state index in [0.717, 1.165) is 30.4 Å². The van der Waals surface area contributed by atoms with E-state index in [1.54, 1.807) is 6.08 Å². The average molecular weight is 248 g/mol. The Kier molecular flexibility index (Phi) is 5.39. The second-order valence-electron chi connectivity index (χ2n) is 4.49. The van der Waals surface area contributed by atoms with Crippen molar-refractivity contribution in [1.29, 1.82) is 0 Å². The van der Waals surface area contributed by atoms with Crippen molar-refractivity contribution in [3.8, 4) is 0 Å². The van der Waals surface area contributed by atoms with Crippen LogP contribution in [-0.2, 0) is 4.79 Å². The van der Waals surface area contributed by atoms with Crippen LogP contribution in [0.4, 0.5) is 5.69 Å². The minimum atomic E-state index is -0.929. The minimum Gasteiger partial charge on any atom is -0.478 e. The van der Waals surface area contributed by atoms with Gasteiger partial charge in [0.1, 0.15) is 0 Å². The molecule has 0 bridgehead atoms. The van der Waals surface area contributed by atoms with Crippen LogP contribution in [0, 0.1) is 0 Å². The van der Waals surface area contributed by atoms with Crippen molar-refractivity contribution in [3.05, 3.63) is 35.9 Å². The molecule has 0 radical (unpaired) electrons. The molecular formula is C14H20N2O2. The maximum atomic E-state index is 10.4. The zero-order valence-electron chi connectivity index (χ0n) is 11.1. The van der Waals surface area contributed by atoms with Crippen molar-refractivity contribution < 1.29 is 9.90 Å². The van der Waals surface area contributed by atoms with Crippen LogP contribution in [0.2, 0.25) is 0 Å². The van der Waals surface area contributed by atoms with E-state index in [1.807, 2.05) is 45.4 Å². The Bertz CT molecular complexity index is 410. The molecule has 0 heterocycles. The fourth-order valence-electron chi connectivity index (χ4n) is 1.49. The lowest BCUT2D eigenvalue weighted by Crippen LogP contribution is -2.28. The van der Waals surface area contributed by atoms with Crippen LogP contribution in [0.3, 0.4) is 0 Å². The van der Waals surface area contributed by atoms with Crippen molar-refractivity contribution in [3.63, 3.8) is 0 Å². The summed E-state index contributed by atoms with van der Waals surface area (Å²) < 4.78 is 0. The predicted molar refractivity (Wildman–Crippen MR) is 74.9 cm³/mol. The van der Waals surface area contributed by atoms with E-state index in [2.05, 4.69) is 9.80 Å². The number of hydrogen-bond acceptors (Lipinski definition) is 3. The Hall–Kier alpha value is -1.81. The van der Waals surface area contributed by atoms with Gasteiger partial charge >= 0.3 is 5.97 Å². The number of anilines is 1. The predicted octanol–water partition coefficient (Wildman–Crippen LogP) is 1.78. The fourth-order valence-corrected chi connectivity index (χ4v) is 1.49. The van der Waals surface area contributed by atoms with Gasteiger partial charge in [0.25, 0.3) is 0 Å². The molecule has 0 spiro atoms. The first kappa shape index (κ1) is 14.3. The molecule has 0 saturated carbocycles. The molecular weight excluding hydrogens is 228 g/mol. The van der Waals surface area contributed by atoms with Crippen LogP contribution >= 0.6 is 0 Å². The molecule has 0 unspecified atom stereocenters. The number of nitrogens with zero attached hydrogens (tertiary/aromatic N) is 2. The summed E-state index contributed by atoms with van der Waals surface area (Å²) in [4.78, 5) is 14.7. The topological polar surface area (TPSA) is 43.8 Å². The Balaban J connectivity index is 2.61. The van der Waals surface area contributed by atoms with E-state index < -0.39 is 5.97 Å². The van der Waals surface area contributed by atoms with E-state index in [9.17, 15) is 4.79 Å². The maximum absolute atomic E-state index is 10.4. The molecule has 0 aliphatic carbocycles. The molecule has 0 saturated heterocycles. The first-order valence-corrected chi connectivity index (χ1v) is 5.86. The molecule has 98 valence electrons. The number of carboxylic acid groups (broad SMARTS) is 1. The second-order valence-corrected chi connectivity index (χ2v) is 4.49. The quantitative estimate of drug-likeness (QED) is 0.779. The lowest BCUT2D eigenvalue weighted by atomic mass is 10.2. The van der Waals surface area contributed by atoms with Crippen LogP contribution in [0.15, 0.2) is 30.3 Å². The van der Waals surface area contributed by atoms with E-state index in [4.69, 9.17) is 5.11 Å². The summed E-state index contributed by atoms with van der Waals surface area (Å²) in [5, 5.41) is 8.54. The lowest BCUT2D eigenvalue weighted by molar-refractivity contribution is -0.131. The minimum absolute atomic E-state index is 0.891. The van der Waals surface area contributed by atoms with E-state index >= 15 is 0 Å². The average Bonchev–Trinajstić information content (AvgIpc) is 2.34. The molecule has 1 rings (SSSR count). The van der Waals surface area contributed by atoms with Gasteiger partial charge in [-0.05, 0) is 37.9 Å². The molecule has 0 aliphatic heterocycles. The van der Waals surface area contributed by atoms with Crippen LogP contribution in [0.25, 0.3) is 6.08 Å². The van der Waals surface area contributed by atoms with Crippen LogP contribution < -0.4 is 4.90 Å². The number of carboxylic acids is 1. The monoisotopic (exact) mass is 248 g/mol. The standard InChI is InChI=1S/C14H20N2O2/c1-15(2)10-11-16(3)13-7-4-12(5-8-13)6-9-14(17)18/h4-9H,10-11H2,1-3H3,(H,17,18). The third-order valence-electron chi connectivity index (χ3n) is 2.63. The van der Waals surface area contributed by atoms with Gasteiger partial charge in [-0.1, -0.05) is 12.1 Å². The third kappa shape index (κ3) is 5.01. The maximum Gasteiger partial charge on any atom is 0.328 e.